The van der Waals surface area contributed by atoms with E-state index < -0.39 is 0 Å². The quantitative estimate of drug-likeness (QED) is 0.783. The number of pyridine rings is 1. The summed E-state index contributed by atoms with van der Waals surface area (Å²) >= 11 is 3.41. The largest absolute Gasteiger partial charge is 0.473 e. The molecule has 0 aliphatic rings. The Kier molecular flexibility index (Phi) is 5.12. The molecule has 1 heterocycles. The predicted octanol–water partition coefficient (Wildman–Crippen LogP) is 3.60. The molecule has 0 saturated carbocycles. The van der Waals surface area contributed by atoms with E-state index in [1.807, 2.05) is 24.3 Å². The number of halogens is 1. The lowest BCUT2D eigenvalue weighted by Gasteiger charge is -2.06. The maximum absolute atomic E-state index is 11.5. The molecule has 104 valence electrons. The first-order valence-corrected chi connectivity index (χ1v) is 6.98. The van der Waals surface area contributed by atoms with Crippen LogP contribution in [-0.4, -0.2) is 17.6 Å². The van der Waals surface area contributed by atoms with Crippen LogP contribution in [-0.2, 0) is 11.3 Å². The van der Waals surface area contributed by atoms with Gasteiger partial charge in [-0.1, -0.05) is 28.1 Å². The molecule has 0 saturated heterocycles. The van der Waals surface area contributed by atoms with Crippen molar-refractivity contribution in [1.82, 2.24) is 4.98 Å². The summed E-state index contributed by atoms with van der Waals surface area (Å²) in [6.45, 7) is 2.53. The Morgan fingerprint density at radius 2 is 2.15 bits per heavy atom. The average molecular weight is 336 g/mol. The molecule has 5 heteroatoms. The normalized spacial score (nSPS) is 10.1. The number of hydrogen-bond donors (Lipinski definition) is 0. The molecule has 2 rings (SSSR count). The SMILES string of the molecule is CCOC(=O)c1ccc(OCc2cccc(Br)c2)nc1. The molecule has 0 atom stereocenters. The van der Waals surface area contributed by atoms with E-state index in [1.54, 1.807) is 19.1 Å². The smallest absolute Gasteiger partial charge is 0.339 e. The molecule has 4 nitrogen and oxygen atoms in total. The Morgan fingerprint density at radius 1 is 1.30 bits per heavy atom. The lowest BCUT2D eigenvalue weighted by molar-refractivity contribution is 0.0526. The van der Waals surface area contributed by atoms with E-state index in [1.165, 1.54) is 6.20 Å². The minimum Gasteiger partial charge on any atom is -0.473 e. The Morgan fingerprint density at radius 3 is 2.80 bits per heavy atom. The van der Waals surface area contributed by atoms with Crippen molar-refractivity contribution < 1.29 is 14.3 Å². The summed E-state index contributed by atoms with van der Waals surface area (Å²) in [6.07, 6.45) is 1.45. The van der Waals surface area contributed by atoms with Crippen molar-refractivity contribution in [2.75, 3.05) is 6.61 Å². The van der Waals surface area contributed by atoms with E-state index in [0.717, 1.165) is 10.0 Å². The molecule has 1 aromatic heterocycles. The molecule has 0 fully saturated rings. The second kappa shape index (κ2) is 7.05. The molecule has 0 aliphatic carbocycles. The maximum atomic E-state index is 11.5. The number of carbonyl (C=O) groups excluding carboxylic acids is 1. The molecule has 20 heavy (non-hydrogen) atoms. The Labute approximate surface area is 125 Å². The number of rotatable bonds is 5. The Hall–Kier alpha value is -1.88. The highest BCUT2D eigenvalue weighted by atomic mass is 79.9. The van der Waals surface area contributed by atoms with Gasteiger partial charge < -0.3 is 9.47 Å². The van der Waals surface area contributed by atoms with Crippen LogP contribution in [0.25, 0.3) is 0 Å². The van der Waals surface area contributed by atoms with Gasteiger partial charge in [0, 0.05) is 16.7 Å². The third-order valence-electron chi connectivity index (χ3n) is 2.52. The van der Waals surface area contributed by atoms with E-state index in [-0.39, 0.29) is 5.97 Å². The van der Waals surface area contributed by atoms with Gasteiger partial charge in [0.25, 0.3) is 0 Å². The zero-order valence-electron chi connectivity index (χ0n) is 11.0. The zero-order chi connectivity index (χ0) is 14.4. The highest BCUT2D eigenvalue weighted by Gasteiger charge is 2.07. The Bertz CT molecular complexity index is 584. The van der Waals surface area contributed by atoms with Gasteiger partial charge in [0.05, 0.1) is 12.2 Å². The van der Waals surface area contributed by atoms with Crippen molar-refractivity contribution in [3.63, 3.8) is 0 Å². The molecular formula is C15H14BrNO3. The summed E-state index contributed by atoms with van der Waals surface area (Å²) in [5.74, 6) is 0.0940. The predicted molar refractivity (Wildman–Crippen MR) is 78.7 cm³/mol. The highest BCUT2D eigenvalue weighted by molar-refractivity contribution is 9.10. The van der Waals surface area contributed by atoms with Crippen LogP contribution < -0.4 is 4.74 Å². The molecule has 0 unspecified atom stereocenters. The molecule has 0 bridgehead atoms. The maximum Gasteiger partial charge on any atom is 0.339 e. The van der Waals surface area contributed by atoms with Gasteiger partial charge in [-0.05, 0) is 30.7 Å². The van der Waals surface area contributed by atoms with E-state index in [0.29, 0.717) is 24.7 Å². The fraction of sp³-hybridized carbons (Fsp3) is 0.200. The monoisotopic (exact) mass is 335 g/mol. The first kappa shape index (κ1) is 14.5. The number of benzene rings is 1. The first-order chi connectivity index (χ1) is 9.69. The summed E-state index contributed by atoms with van der Waals surface area (Å²) in [5, 5.41) is 0. The first-order valence-electron chi connectivity index (χ1n) is 6.19. The standard InChI is InChI=1S/C15H14BrNO3/c1-2-19-15(18)12-6-7-14(17-9-12)20-10-11-4-3-5-13(16)8-11/h3-9H,2,10H2,1H3. The summed E-state index contributed by atoms with van der Waals surface area (Å²) in [6, 6.07) is 11.1. The molecule has 0 N–H and O–H groups in total. The van der Waals surface area contributed by atoms with Crippen LogP contribution in [0, 0.1) is 0 Å². The number of hydrogen-bond acceptors (Lipinski definition) is 4. The molecule has 1 aromatic carbocycles. The van der Waals surface area contributed by atoms with Gasteiger partial charge >= 0.3 is 5.97 Å². The van der Waals surface area contributed by atoms with E-state index in [4.69, 9.17) is 9.47 Å². The van der Waals surface area contributed by atoms with Gasteiger partial charge in [0.2, 0.25) is 5.88 Å². The topological polar surface area (TPSA) is 48.4 Å². The van der Waals surface area contributed by atoms with Crippen molar-refractivity contribution in [3.8, 4) is 5.88 Å². The molecule has 0 amide bonds. The lowest BCUT2D eigenvalue weighted by atomic mass is 10.2. The summed E-state index contributed by atoms with van der Waals surface area (Å²) < 4.78 is 11.4. The van der Waals surface area contributed by atoms with Gasteiger partial charge in [-0.25, -0.2) is 9.78 Å². The summed E-state index contributed by atoms with van der Waals surface area (Å²) in [7, 11) is 0. The van der Waals surface area contributed by atoms with Crippen molar-refractivity contribution >= 4 is 21.9 Å². The van der Waals surface area contributed by atoms with Crippen molar-refractivity contribution in [2.45, 2.75) is 13.5 Å². The van der Waals surface area contributed by atoms with Crippen LogP contribution in [0.1, 0.15) is 22.8 Å². The average Bonchev–Trinajstić information content (AvgIpc) is 2.46. The minimum atomic E-state index is -0.376. The van der Waals surface area contributed by atoms with Crippen LogP contribution in [0.5, 0.6) is 5.88 Å². The second-order valence-electron chi connectivity index (χ2n) is 4.02. The van der Waals surface area contributed by atoms with E-state index in [9.17, 15) is 4.79 Å². The number of ether oxygens (including phenoxy) is 2. The molecule has 0 spiro atoms. The highest BCUT2D eigenvalue weighted by Crippen LogP contribution is 2.14. The van der Waals surface area contributed by atoms with Crippen LogP contribution in [0.15, 0.2) is 47.1 Å². The van der Waals surface area contributed by atoms with Crippen molar-refractivity contribution in [2.24, 2.45) is 0 Å². The third kappa shape index (κ3) is 4.06. The lowest BCUT2D eigenvalue weighted by Crippen LogP contribution is -2.05. The fourth-order valence-electron chi connectivity index (χ4n) is 1.58. The molecular weight excluding hydrogens is 322 g/mol. The summed E-state index contributed by atoms with van der Waals surface area (Å²) in [4.78, 5) is 15.5. The third-order valence-corrected chi connectivity index (χ3v) is 3.02. The van der Waals surface area contributed by atoms with Gasteiger partial charge in [0.15, 0.2) is 0 Å². The van der Waals surface area contributed by atoms with Crippen molar-refractivity contribution in [1.29, 1.82) is 0 Å². The van der Waals surface area contributed by atoms with E-state index >= 15 is 0 Å². The van der Waals surface area contributed by atoms with Gasteiger partial charge in [-0.15, -0.1) is 0 Å². The second-order valence-corrected chi connectivity index (χ2v) is 4.94. The zero-order valence-corrected chi connectivity index (χ0v) is 12.6. The van der Waals surface area contributed by atoms with Crippen LogP contribution in [0.4, 0.5) is 0 Å². The van der Waals surface area contributed by atoms with Crippen molar-refractivity contribution in [3.05, 3.63) is 58.2 Å². The summed E-state index contributed by atoms with van der Waals surface area (Å²) in [5.41, 5.74) is 1.46. The van der Waals surface area contributed by atoms with E-state index in [2.05, 4.69) is 20.9 Å². The van der Waals surface area contributed by atoms with Crippen LogP contribution in [0.2, 0.25) is 0 Å². The molecule has 0 aliphatic heterocycles. The number of aromatic nitrogens is 1. The van der Waals surface area contributed by atoms with Crippen LogP contribution in [0.3, 0.4) is 0 Å². The van der Waals surface area contributed by atoms with Gasteiger partial charge in [0.1, 0.15) is 6.61 Å². The van der Waals surface area contributed by atoms with Gasteiger partial charge in [-0.2, -0.15) is 0 Å². The number of carbonyl (C=O) groups is 1. The Balaban J connectivity index is 1.95. The fourth-order valence-corrected chi connectivity index (χ4v) is 2.03. The number of nitrogens with zero attached hydrogens (tertiary/aromatic N) is 1. The minimum absolute atomic E-state index is 0.347. The number of esters is 1. The van der Waals surface area contributed by atoms with Crippen LogP contribution >= 0.6 is 15.9 Å². The molecule has 2 aromatic rings. The van der Waals surface area contributed by atoms with Gasteiger partial charge in [-0.3, -0.25) is 0 Å². The molecule has 0 radical (unpaired) electrons.